The first-order valence-corrected chi connectivity index (χ1v) is 5.52. The molecule has 4 heteroatoms. The van der Waals surface area contributed by atoms with Crippen LogP contribution in [0, 0.1) is 0 Å². The largest absolute Gasteiger partial charge is 0.315 e. The minimum Gasteiger partial charge on any atom is -0.315 e. The number of nitrogens with zero attached hydrogens (tertiary/aromatic N) is 4. The van der Waals surface area contributed by atoms with Crippen molar-refractivity contribution in [3.05, 3.63) is 18.3 Å². The summed E-state index contributed by atoms with van der Waals surface area (Å²) in [6.07, 6.45) is 6.88. The molecule has 0 bridgehead atoms. The van der Waals surface area contributed by atoms with E-state index in [0.29, 0.717) is 0 Å². The summed E-state index contributed by atoms with van der Waals surface area (Å²) in [6.45, 7) is 5.24. The Balaban J connectivity index is 2.38. The van der Waals surface area contributed by atoms with Gasteiger partial charge in [-0.25, -0.2) is 15.0 Å². The van der Waals surface area contributed by atoms with Crippen molar-refractivity contribution in [2.75, 3.05) is 0 Å². The van der Waals surface area contributed by atoms with Crippen molar-refractivity contribution in [3.8, 4) is 0 Å². The fourth-order valence-corrected chi connectivity index (χ4v) is 1.55. The molecule has 0 spiro atoms. The van der Waals surface area contributed by atoms with Crippen LogP contribution in [0.3, 0.4) is 0 Å². The Morgan fingerprint density at radius 3 is 2.87 bits per heavy atom. The number of fused-ring (bicyclic) bond motifs is 1. The highest BCUT2D eigenvalue weighted by atomic mass is 15.1. The summed E-state index contributed by atoms with van der Waals surface area (Å²) in [5.74, 6) is 0.890. The van der Waals surface area contributed by atoms with E-state index >= 15 is 0 Å². The Bertz CT molecular complexity index is 447. The highest BCUT2D eigenvalue weighted by molar-refractivity contribution is 5.69. The molecule has 0 unspecified atom stereocenters. The first-order chi connectivity index (χ1) is 7.35. The topological polar surface area (TPSA) is 43.6 Å². The van der Waals surface area contributed by atoms with Gasteiger partial charge in [-0.15, -0.1) is 0 Å². The van der Waals surface area contributed by atoms with Crippen molar-refractivity contribution in [1.82, 2.24) is 19.5 Å². The molecule has 0 fully saturated rings. The molecule has 2 heterocycles. The lowest BCUT2D eigenvalue weighted by molar-refractivity contribution is 0.640. The van der Waals surface area contributed by atoms with Gasteiger partial charge >= 0.3 is 0 Å². The van der Waals surface area contributed by atoms with E-state index < -0.39 is 0 Å². The van der Waals surface area contributed by atoms with Gasteiger partial charge in [0.25, 0.3) is 0 Å². The van der Waals surface area contributed by atoms with Crippen molar-refractivity contribution in [2.45, 2.75) is 39.7 Å². The van der Waals surface area contributed by atoms with E-state index in [4.69, 9.17) is 0 Å². The quantitative estimate of drug-likeness (QED) is 0.766. The lowest BCUT2D eigenvalue weighted by atomic mass is 10.3. The SMILES string of the molecule is CCCCn1cnc2cnc(CC)nc21. The second-order valence-corrected chi connectivity index (χ2v) is 3.64. The molecular weight excluding hydrogens is 188 g/mol. The Morgan fingerprint density at radius 1 is 1.27 bits per heavy atom. The van der Waals surface area contributed by atoms with Gasteiger partial charge in [0.05, 0.1) is 12.5 Å². The third-order valence-corrected chi connectivity index (χ3v) is 2.48. The minimum absolute atomic E-state index is 0.870. The molecule has 0 saturated heterocycles. The molecule has 0 aliphatic rings. The summed E-state index contributed by atoms with van der Waals surface area (Å²) in [4.78, 5) is 13.0. The molecule has 0 aliphatic carbocycles. The number of imidazole rings is 1. The lowest BCUT2D eigenvalue weighted by Gasteiger charge is -2.02. The van der Waals surface area contributed by atoms with Crippen LogP contribution in [-0.4, -0.2) is 19.5 Å². The number of rotatable bonds is 4. The Kier molecular flexibility index (Phi) is 2.94. The van der Waals surface area contributed by atoms with Crippen LogP contribution in [0.1, 0.15) is 32.5 Å². The van der Waals surface area contributed by atoms with Crippen molar-refractivity contribution < 1.29 is 0 Å². The van der Waals surface area contributed by atoms with Gasteiger partial charge in [0, 0.05) is 13.0 Å². The number of hydrogen-bond acceptors (Lipinski definition) is 3. The maximum atomic E-state index is 4.50. The fraction of sp³-hybridized carbons (Fsp3) is 0.545. The van der Waals surface area contributed by atoms with Crippen molar-refractivity contribution in [3.63, 3.8) is 0 Å². The van der Waals surface area contributed by atoms with Crippen LogP contribution in [0.2, 0.25) is 0 Å². The zero-order valence-corrected chi connectivity index (χ0v) is 9.27. The molecule has 15 heavy (non-hydrogen) atoms. The second-order valence-electron chi connectivity index (χ2n) is 3.64. The van der Waals surface area contributed by atoms with E-state index in [-0.39, 0.29) is 0 Å². The van der Waals surface area contributed by atoms with Gasteiger partial charge < -0.3 is 4.57 Å². The molecule has 0 aliphatic heterocycles. The summed E-state index contributed by atoms with van der Waals surface area (Å²) in [5, 5.41) is 0. The highest BCUT2D eigenvalue weighted by Crippen LogP contribution is 2.10. The van der Waals surface area contributed by atoms with E-state index in [1.54, 1.807) is 0 Å². The first kappa shape index (κ1) is 10.1. The summed E-state index contributed by atoms with van der Waals surface area (Å²) in [7, 11) is 0. The van der Waals surface area contributed by atoms with Gasteiger partial charge in [-0.3, -0.25) is 0 Å². The van der Waals surface area contributed by atoms with Crippen LogP contribution < -0.4 is 0 Å². The minimum atomic E-state index is 0.870. The molecular formula is C11H16N4. The van der Waals surface area contributed by atoms with Crippen LogP contribution in [0.4, 0.5) is 0 Å². The van der Waals surface area contributed by atoms with Gasteiger partial charge in [0.1, 0.15) is 11.3 Å². The fourth-order valence-electron chi connectivity index (χ4n) is 1.55. The molecule has 2 aromatic heterocycles. The number of aryl methyl sites for hydroxylation is 2. The molecule has 4 nitrogen and oxygen atoms in total. The maximum Gasteiger partial charge on any atom is 0.163 e. The van der Waals surface area contributed by atoms with Gasteiger partial charge in [-0.2, -0.15) is 0 Å². The van der Waals surface area contributed by atoms with Crippen molar-refractivity contribution >= 4 is 11.2 Å². The van der Waals surface area contributed by atoms with Gasteiger partial charge in [0.15, 0.2) is 5.65 Å². The number of aromatic nitrogens is 4. The lowest BCUT2D eigenvalue weighted by Crippen LogP contribution is -1.99. The van der Waals surface area contributed by atoms with E-state index in [9.17, 15) is 0 Å². The zero-order chi connectivity index (χ0) is 10.7. The third-order valence-electron chi connectivity index (χ3n) is 2.48. The summed E-state index contributed by atoms with van der Waals surface area (Å²) >= 11 is 0. The van der Waals surface area contributed by atoms with E-state index in [1.165, 1.54) is 6.42 Å². The van der Waals surface area contributed by atoms with Gasteiger partial charge in [-0.05, 0) is 6.42 Å². The van der Waals surface area contributed by atoms with Crippen molar-refractivity contribution in [2.24, 2.45) is 0 Å². The molecule has 0 atom stereocenters. The molecule has 0 N–H and O–H groups in total. The molecule has 80 valence electrons. The van der Waals surface area contributed by atoms with E-state index in [1.807, 2.05) is 12.5 Å². The van der Waals surface area contributed by atoms with Crippen LogP contribution in [-0.2, 0) is 13.0 Å². The average Bonchev–Trinajstić information content (AvgIpc) is 2.68. The normalized spacial score (nSPS) is 11.1. The van der Waals surface area contributed by atoms with Crippen LogP contribution in [0.15, 0.2) is 12.5 Å². The standard InChI is InChI=1S/C11H16N4/c1-3-5-6-15-8-13-9-7-12-10(4-2)14-11(9)15/h7-8H,3-6H2,1-2H3. The summed E-state index contributed by atoms with van der Waals surface area (Å²) in [5.41, 5.74) is 1.86. The zero-order valence-electron chi connectivity index (χ0n) is 9.27. The van der Waals surface area contributed by atoms with Gasteiger partial charge in [-0.1, -0.05) is 20.3 Å². The van der Waals surface area contributed by atoms with Crippen LogP contribution in [0.25, 0.3) is 11.2 Å². The highest BCUT2D eigenvalue weighted by Gasteiger charge is 2.04. The van der Waals surface area contributed by atoms with Crippen LogP contribution >= 0.6 is 0 Å². The monoisotopic (exact) mass is 204 g/mol. The third kappa shape index (κ3) is 1.98. The molecule has 2 rings (SSSR count). The average molecular weight is 204 g/mol. The summed E-state index contributed by atoms with van der Waals surface area (Å²) in [6, 6.07) is 0. The van der Waals surface area contributed by atoms with Gasteiger partial charge in [0.2, 0.25) is 0 Å². The number of hydrogen-bond donors (Lipinski definition) is 0. The second kappa shape index (κ2) is 4.38. The molecule has 0 saturated carbocycles. The summed E-state index contributed by atoms with van der Waals surface area (Å²) < 4.78 is 2.11. The predicted molar refractivity (Wildman–Crippen MR) is 59.6 cm³/mol. The molecule has 0 aromatic carbocycles. The molecule has 0 radical (unpaired) electrons. The van der Waals surface area contributed by atoms with E-state index in [0.717, 1.165) is 36.4 Å². The Morgan fingerprint density at radius 2 is 2.13 bits per heavy atom. The smallest absolute Gasteiger partial charge is 0.163 e. The van der Waals surface area contributed by atoms with E-state index in [2.05, 4.69) is 33.4 Å². The van der Waals surface area contributed by atoms with Crippen LogP contribution in [0.5, 0.6) is 0 Å². The predicted octanol–water partition coefficient (Wildman–Crippen LogP) is 2.19. The maximum absolute atomic E-state index is 4.50. The van der Waals surface area contributed by atoms with Crippen molar-refractivity contribution in [1.29, 1.82) is 0 Å². The molecule has 0 amide bonds. The Labute approximate surface area is 89.4 Å². The first-order valence-electron chi connectivity index (χ1n) is 5.52. The molecule has 2 aromatic rings. The number of unbranched alkanes of at least 4 members (excludes halogenated alkanes) is 1. The Hall–Kier alpha value is -1.45.